The standard InChI is InChI=1S/C23H31N3O2/c1-3-28-21-11-9-20(10-12-21)23(13-15-27-16-14-23)18-26-22(24-2)25-17-19-7-5-4-6-8-19/h4-12H,3,13-18H2,1-2H3,(H2,24,25,26). The first-order valence-corrected chi connectivity index (χ1v) is 10.1. The molecule has 0 radical (unpaired) electrons. The van der Waals surface area contributed by atoms with Gasteiger partial charge in [-0.15, -0.1) is 0 Å². The molecule has 0 unspecified atom stereocenters. The van der Waals surface area contributed by atoms with Crippen LogP contribution in [0.4, 0.5) is 0 Å². The summed E-state index contributed by atoms with van der Waals surface area (Å²) in [7, 11) is 1.81. The van der Waals surface area contributed by atoms with Crippen LogP contribution in [0.2, 0.25) is 0 Å². The molecule has 1 fully saturated rings. The lowest BCUT2D eigenvalue weighted by molar-refractivity contribution is 0.0513. The third-order valence-corrected chi connectivity index (χ3v) is 5.35. The minimum atomic E-state index is 0.0351. The lowest BCUT2D eigenvalue weighted by atomic mass is 9.74. The van der Waals surface area contributed by atoms with E-state index in [1.54, 1.807) is 0 Å². The molecule has 1 saturated heterocycles. The number of nitrogens with one attached hydrogen (secondary N) is 2. The zero-order valence-electron chi connectivity index (χ0n) is 16.9. The predicted octanol–water partition coefficient (Wildman–Crippen LogP) is 3.50. The van der Waals surface area contributed by atoms with E-state index in [1.165, 1.54) is 11.1 Å². The molecule has 1 heterocycles. The second-order valence-electron chi connectivity index (χ2n) is 7.12. The van der Waals surface area contributed by atoms with Gasteiger partial charge in [-0.1, -0.05) is 42.5 Å². The quantitative estimate of drug-likeness (QED) is 0.569. The van der Waals surface area contributed by atoms with Gasteiger partial charge in [-0.2, -0.15) is 0 Å². The van der Waals surface area contributed by atoms with Gasteiger partial charge in [-0.25, -0.2) is 0 Å². The number of hydrogen-bond donors (Lipinski definition) is 2. The Labute approximate surface area is 168 Å². The summed E-state index contributed by atoms with van der Waals surface area (Å²) in [6.07, 6.45) is 1.98. The molecular weight excluding hydrogens is 350 g/mol. The highest BCUT2D eigenvalue weighted by molar-refractivity contribution is 5.79. The molecule has 1 aliphatic heterocycles. The van der Waals surface area contributed by atoms with Crippen molar-refractivity contribution in [3.05, 3.63) is 65.7 Å². The fraction of sp³-hybridized carbons (Fsp3) is 0.435. The van der Waals surface area contributed by atoms with Crippen molar-refractivity contribution in [2.45, 2.75) is 31.7 Å². The zero-order valence-corrected chi connectivity index (χ0v) is 16.9. The average molecular weight is 382 g/mol. The summed E-state index contributed by atoms with van der Waals surface area (Å²) in [4.78, 5) is 4.39. The van der Waals surface area contributed by atoms with Crippen molar-refractivity contribution < 1.29 is 9.47 Å². The SMILES string of the molecule is CCOc1ccc(C2(CNC(=NC)NCc3ccccc3)CCOCC2)cc1. The van der Waals surface area contributed by atoms with Gasteiger partial charge in [0.1, 0.15) is 5.75 Å². The lowest BCUT2D eigenvalue weighted by Gasteiger charge is -2.38. The number of ether oxygens (including phenoxy) is 2. The van der Waals surface area contributed by atoms with Crippen LogP contribution in [-0.4, -0.2) is 39.4 Å². The van der Waals surface area contributed by atoms with E-state index >= 15 is 0 Å². The molecule has 0 saturated carbocycles. The van der Waals surface area contributed by atoms with Crippen LogP contribution in [0.15, 0.2) is 59.6 Å². The molecule has 3 rings (SSSR count). The highest BCUT2D eigenvalue weighted by Gasteiger charge is 2.34. The van der Waals surface area contributed by atoms with Crippen LogP contribution in [0.1, 0.15) is 30.9 Å². The maximum Gasteiger partial charge on any atom is 0.191 e. The number of aliphatic imine (C=N–C) groups is 1. The molecule has 28 heavy (non-hydrogen) atoms. The Kier molecular flexibility index (Phi) is 7.31. The van der Waals surface area contributed by atoms with Gasteiger partial charge in [0.15, 0.2) is 5.96 Å². The Morgan fingerprint density at radius 2 is 1.75 bits per heavy atom. The van der Waals surface area contributed by atoms with E-state index in [2.05, 4.69) is 64.2 Å². The van der Waals surface area contributed by atoms with Crippen molar-refractivity contribution >= 4 is 5.96 Å². The van der Waals surface area contributed by atoms with Gasteiger partial charge in [0, 0.05) is 38.8 Å². The monoisotopic (exact) mass is 381 g/mol. The first-order valence-electron chi connectivity index (χ1n) is 10.1. The molecule has 150 valence electrons. The van der Waals surface area contributed by atoms with Gasteiger partial charge in [-0.05, 0) is 43.0 Å². The van der Waals surface area contributed by atoms with E-state index in [0.717, 1.165) is 50.9 Å². The molecule has 0 spiro atoms. The molecule has 5 nitrogen and oxygen atoms in total. The van der Waals surface area contributed by atoms with Crippen LogP contribution in [-0.2, 0) is 16.7 Å². The predicted molar refractivity (Wildman–Crippen MR) is 114 cm³/mol. The summed E-state index contributed by atoms with van der Waals surface area (Å²) in [6.45, 7) is 5.82. The molecule has 0 amide bonds. The van der Waals surface area contributed by atoms with Crippen molar-refractivity contribution in [2.75, 3.05) is 33.4 Å². The van der Waals surface area contributed by atoms with Gasteiger partial charge in [-0.3, -0.25) is 4.99 Å². The third-order valence-electron chi connectivity index (χ3n) is 5.35. The highest BCUT2D eigenvalue weighted by Crippen LogP contribution is 2.35. The first-order chi connectivity index (χ1) is 13.8. The van der Waals surface area contributed by atoms with Gasteiger partial charge >= 0.3 is 0 Å². The Morgan fingerprint density at radius 3 is 2.39 bits per heavy atom. The van der Waals surface area contributed by atoms with Crippen molar-refractivity contribution in [3.63, 3.8) is 0 Å². The summed E-state index contributed by atoms with van der Waals surface area (Å²) in [5, 5.41) is 6.95. The van der Waals surface area contributed by atoms with Crippen molar-refractivity contribution in [2.24, 2.45) is 4.99 Å². The maximum absolute atomic E-state index is 5.65. The second kappa shape index (κ2) is 10.1. The van der Waals surface area contributed by atoms with E-state index in [-0.39, 0.29) is 5.41 Å². The maximum atomic E-state index is 5.65. The molecule has 0 aromatic heterocycles. The Hall–Kier alpha value is -2.53. The van der Waals surface area contributed by atoms with Gasteiger partial charge in [0.05, 0.1) is 6.61 Å². The van der Waals surface area contributed by atoms with Crippen LogP contribution in [0, 0.1) is 0 Å². The summed E-state index contributed by atoms with van der Waals surface area (Å²) >= 11 is 0. The van der Waals surface area contributed by atoms with Crippen LogP contribution in [0.25, 0.3) is 0 Å². The molecule has 0 aliphatic carbocycles. The van der Waals surface area contributed by atoms with Crippen molar-refractivity contribution in [3.8, 4) is 5.75 Å². The molecule has 0 bridgehead atoms. The van der Waals surface area contributed by atoms with E-state index in [0.29, 0.717) is 6.61 Å². The summed E-state index contributed by atoms with van der Waals surface area (Å²) < 4.78 is 11.2. The Bertz CT molecular complexity index is 738. The molecule has 5 heteroatoms. The summed E-state index contributed by atoms with van der Waals surface area (Å²) in [6, 6.07) is 18.9. The largest absolute Gasteiger partial charge is 0.494 e. The van der Waals surface area contributed by atoms with Crippen molar-refractivity contribution in [1.29, 1.82) is 0 Å². The molecule has 2 aromatic rings. The molecule has 1 aliphatic rings. The number of rotatable bonds is 7. The molecular formula is C23H31N3O2. The van der Waals surface area contributed by atoms with Crippen LogP contribution in [0.3, 0.4) is 0 Å². The number of nitrogens with zero attached hydrogens (tertiary/aromatic N) is 1. The van der Waals surface area contributed by atoms with E-state index in [1.807, 2.05) is 20.0 Å². The minimum absolute atomic E-state index is 0.0351. The summed E-state index contributed by atoms with van der Waals surface area (Å²) in [5.74, 6) is 1.74. The van der Waals surface area contributed by atoms with Crippen LogP contribution < -0.4 is 15.4 Å². The van der Waals surface area contributed by atoms with Crippen LogP contribution in [0.5, 0.6) is 5.75 Å². The Morgan fingerprint density at radius 1 is 1.04 bits per heavy atom. The molecule has 2 aromatic carbocycles. The molecule has 0 atom stereocenters. The fourth-order valence-corrected chi connectivity index (χ4v) is 3.66. The minimum Gasteiger partial charge on any atom is -0.494 e. The number of benzene rings is 2. The first kappa shape index (κ1) is 20.2. The zero-order chi connectivity index (χ0) is 19.7. The molecule has 2 N–H and O–H groups in total. The normalized spacial score (nSPS) is 16.4. The van der Waals surface area contributed by atoms with E-state index in [9.17, 15) is 0 Å². The topological polar surface area (TPSA) is 54.9 Å². The van der Waals surface area contributed by atoms with Gasteiger partial charge < -0.3 is 20.1 Å². The Balaban J connectivity index is 1.66. The average Bonchev–Trinajstić information content (AvgIpc) is 2.76. The van der Waals surface area contributed by atoms with Crippen molar-refractivity contribution in [1.82, 2.24) is 10.6 Å². The van der Waals surface area contributed by atoms with Crippen LogP contribution >= 0.6 is 0 Å². The van der Waals surface area contributed by atoms with Gasteiger partial charge in [0.2, 0.25) is 0 Å². The van der Waals surface area contributed by atoms with E-state index < -0.39 is 0 Å². The summed E-state index contributed by atoms with van der Waals surface area (Å²) in [5.41, 5.74) is 2.59. The van der Waals surface area contributed by atoms with E-state index in [4.69, 9.17) is 9.47 Å². The van der Waals surface area contributed by atoms with Gasteiger partial charge in [0.25, 0.3) is 0 Å². The lowest BCUT2D eigenvalue weighted by Crippen LogP contribution is -2.47. The number of guanidine groups is 1. The highest BCUT2D eigenvalue weighted by atomic mass is 16.5. The number of hydrogen-bond acceptors (Lipinski definition) is 3. The fourth-order valence-electron chi connectivity index (χ4n) is 3.66. The second-order valence-corrected chi connectivity index (χ2v) is 7.12. The smallest absolute Gasteiger partial charge is 0.191 e. The third kappa shape index (κ3) is 5.26.